The van der Waals surface area contributed by atoms with Gasteiger partial charge in [0.15, 0.2) is 0 Å². The summed E-state index contributed by atoms with van der Waals surface area (Å²) in [5, 5.41) is 12.6. The fraction of sp³-hybridized carbons (Fsp3) is 0.571. The van der Waals surface area contributed by atoms with E-state index in [-0.39, 0.29) is 5.54 Å². The minimum atomic E-state index is -0.763. The number of hydrogen-bond donors (Lipinski definition) is 2. The van der Waals surface area contributed by atoms with Crippen LogP contribution in [-0.4, -0.2) is 17.2 Å². The Bertz CT molecular complexity index is 333. The van der Waals surface area contributed by atoms with E-state index in [9.17, 15) is 5.11 Å². The fourth-order valence-electron chi connectivity index (χ4n) is 1.54. The van der Waals surface area contributed by atoms with Crippen LogP contribution in [0.5, 0.6) is 0 Å². The van der Waals surface area contributed by atoms with Crippen LogP contribution in [0.4, 0.5) is 0 Å². The zero-order valence-electron chi connectivity index (χ0n) is 11.0. The van der Waals surface area contributed by atoms with Gasteiger partial charge in [0, 0.05) is 0 Å². The molecule has 0 spiro atoms. The van der Waals surface area contributed by atoms with Crippen molar-refractivity contribution in [2.24, 2.45) is 0 Å². The lowest BCUT2D eigenvalue weighted by molar-refractivity contribution is -0.727. The van der Waals surface area contributed by atoms with Crippen LogP contribution < -0.4 is 5.32 Å². The molecule has 0 aliphatic heterocycles. The van der Waals surface area contributed by atoms with Gasteiger partial charge in [-0.3, -0.25) is 0 Å². The Kier molecular flexibility index (Phi) is 3.76. The first-order valence-electron chi connectivity index (χ1n) is 5.85. The molecule has 1 aromatic rings. The van der Waals surface area contributed by atoms with E-state index in [1.807, 2.05) is 31.2 Å². The summed E-state index contributed by atoms with van der Waals surface area (Å²) < 4.78 is 0. The molecule has 1 atom stereocenters. The van der Waals surface area contributed by atoms with Crippen LogP contribution in [-0.2, 0) is 5.60 Å². The van der Waals surface area contributed by atoms with Gasteiger partial charge < -0.3 is 10.4 Å². The van der Waals surface area contributed by atoms with Crippen molar-refractivity contribution >= 4 is 0 Å². The molecule has 0 radical (unpaired) electrons. The second-order valence-electron chi connectivity index (χ2n) is 5.91. The number of quaternary nitrogens is 1. The maximum atomic E-state index is 10.4. The summed E-state index contributed by atoms with van der Waals surface area (Å²) in [5.74, 6) is 0. The van der Waals surface area contributed by atoms with Crippen molar-refractivity contribution in [2.45, 2.75) is 45.8 Å². The molecular weight excluding hydrogens is 198 g/mol. The van der Waals surface area contributed by atoms with Crippen LogP contribution >= 0.6 is 0 Å². The zero-order valence-corrected chi connectivity index (χ0v) is 11.0. The van der Waals surface area contributed by atoms with E-state index >= 15 is 0 Å². The van der Waals surface area contributed by atoms with Gasteiger partial charge in [-0.05, 0) is 40.2 Å². The predicted octanol–water partition coefficient (Wildman–Crippen LogP) is 1.56. The van der Waals surface area contributed by atoms with Crippen LogP contribution in [0, 0.1) is 6.92 Å². The van der Waals surface area contributed by atoms with Crippen molar-refractivity contribution in [1.29, 1.82) is 0 Å². The number of benzene rings is 1. The average Bonchev–Trinajstić information content (AvgIpc) is 2.15. The molecule has 16 heavy (non-hydrogen) atoms. The molecule has 1 aromatic carbocycles. The van der Waals surface area contributed by atoms with E-state index < -0.39 is 5.60 Å². The van der Waals surface area contributed by atoms with Crippen LogP contribution in [0.2, 0.25) is 0 Å². The predicted molar refractivity (Wildman–Crippen MR) is 67.3 cm³/mol. The highest BCUT2D eigenvalue weighted by molar-refractivity contribution is 5.25. The monoisotopic (exact) mass is 222 g/mol. The first-order valence-corrected chi connectivity index (χ1v) is 5.85. The Morgan fingerprint density at radius 2 is 1.56 bits per heavy atom. The van der Waals surface area contributed by atoms with Gasteiger partial charge in [-0.15, -0.1) is 0 Å². The summed E-state index contributed by atoms with van der Waals surface area (Å²) in [6.45, 7) is 11.1. The lowest BCUT2D eigenvalue weighted by Gasteiger charge is -2.26. The molecule has 3 N–H and O–H groups in total. The molecule has 1 rings (SSSR count). The standard InChI is InChI=1S/C14H23NO/c1-11-6-8-12(9-7-11)14(5,16)10-15-13(2,3)4/h6-9,15-16H,10H2,1-5H3/p+1. The molecule has 0 heterocycles. The van der Waals surface area contributed by atoms with Crippen molar-refractivity contribution in [1.82, 2.24) is 0 Å². The third kappa shape index (κ3) is 3.95. The molecule has 0 aliphatic carbocycles. The summed E-state index contributed by atoms with van der Waals surface area (Å²) in [6, 6.07) is 8.10. The Labute approximate surface area is 98.7 Å². The third-order valence-electron chi connectivity index (χ3n) is 2.79. The summed E-state index contributed by atoms with van der Waals surface area (Å²) >= 11 is 0. The highest BCUT2D eigenvalue weighted by Crippen LogP contribution is 2.19. The minimum Gasteiger partial charge on any atom is -0.380 e. The summed E-state index contributed by atoms with van der Waals surface area (Å²) in [7, 11) is 0. The van der Waals surface area contributed by atoms with Crippen molar-refractivity contribution in [3.05, 3.63) is 35.4 Å². The number of rotatable bonds is 3. The highest BCUT2D eigenvalue weighted by Gasteiger charge is 2.27. The van der Waals surface area contributed by atoms with Crippen molar-refractivity contribution in [3.63, 3.8) is 0 Å². The first-order chi connectivity index (χ1) is 7.21. The largest absolute Gasteiger partial charge is 0.380 e. The summed E-state index contributed by atoms with van der Waals surface area (Å²) in [6.07, 6.45) is 0. The van der Waals surface area contributed by atoms with Crippen molar-refractivity contribution in [2.75, 3.05) is 6.54 Å². The zero-order chi connectivity index (χ0) is 12.4. The fourth-order valence-corrected chi connectivity index (χ4v) is 1.54. The van der Waals surface area contributed by atoms with Crippen LogP contribution in [0.3, 0.4) is 0 Å². The van der Waals surface area contributed by atoms with Gasteiger partial charge >= 0.3 is 0 Å². The Morgan fingerprint density at radius 3 is 2.00 bits per heavy atom. The van der Waals surface area contributed by atoms with Gasteiger partial charge in [-0.1, -0.05) is 29.8 Å². The van der Waals surface area contributed by atoms with Gasteiger partial charge in [0.25, 0.3) is 0 Å². The Morgan fingerprint density at radius 1 is 1.06 bits per heavy atom. The summed E-state index contributed by atoms with van der Waals surface area (Å²) in [5.41, 5.74) is 1.59. The number of aliphatic hydroxyl groups is 1. The molecule has 0 aliphatic rings. The van der Waals surface area contributed by atoms with Crippen molar-refractivity contribution in [3.8, 4) is 0 Å². The van der Waals surface area contributed by atoms with E-state index in [1.54, 1.807) is 0 Å². The smallest absolute Gasteiger partial charge is 0.135 e. The van der Waals surface area contributed by atoms with E-state index in [1.165, 1.54) is 5.56 Å². The number of aryl methyl sites for hydroxylation is 1. The quantitative estimate of drug-likeness (QED) is 0.800. The van der Waals surface area contributed by atoms with E-state index in [2.05, 4.69) is 33.0 Å². The Balaban J connectivity index is 2.73. The maximum Gasteiger partial charge on any atom is 0.135 e. The molecule has 2 nitrogen and oxygen atoms in total. The van der Waals surface area contributed by atoms with Gasteiger partial charge in [-0.25, -0.2) is 0 Å². The molecule has 0 aromatic heterocycles. The van der Waals surface area contributed by atoms with Gasteiger partial charge in [-0.2, -0.15) is 0 Å². The molecule has 1 unspecified atom stereocenters. The topological polar surface area (TPSA) is 36.8 Å². The van der Waals surface area contributed by atoms with E-state index in [4.69, 9.17) is 0 Å². The minimum absolute atomic E-state index is 0.148. The molecular formula is C14H24NO+. The average molecular weight is 222 g/mol. The maximum absolute atomic E-state index is 10.4. The molecule has 0 fully saturated rings. The first kappa shape index (κ1) is 13.2. The van der Waals surface area contributed by atoms with Gasteiger partial charge in [0.05, 0.1) is 5.54 Å². The lowest BCUT2D eigenvalue weighted by Crippen LogP contribution is -2.96. The molecule has 0 saturated carbocycles. The van der Waals surface area contributed by atoms with Gasteiger partial charge in [0.2, 0.25) is 0 Å². The number of nitrogens with two attached hydrogens (primary N) is 1. The summed E-state index contributed by atoms with van der Waals surface area (Å²) in [4.78, 5) is 0. The second-order valence-corrected chi connectivity index (χ2v) is 5.91. The van der Waals surface area contributed by atoms with Gasteiger partial charge in [0.1, 0.15) is 12.1 Å². The van der Waals surface area contributed by atoms with Crippen LogP contribution in [0.1, 0.15) is 38.8 Å². The molecule has 90 valence electrons. The number of hydrogen-bond acceptors (Lipinski definition) is 1. The lowest BCUT2D eigenvalue weighted by atomic mass is 9.94. The molecule has 0 bridgehead atoms. The van der Waals surface area contributed by atoms with E-state index in [0.29, 0.717) is 6.54 Å². The molecule has 0 saturated heterocycles. The second kappa shape index (κ2) is 4.56. The molecule has 0 amide bonds. The van der Waals surface area contributed by atoms with Crippen LogP contribution in [0.15, 0.2) is 24.3 Å². The van der Waals surface area contributed by atoms with Crippen molar-refractivity contribution < 1.29 is 10.4 Å². The highest BCUT2D eigenvalue weighted by atomic mass is 16.3. The Hall–Kier alpha value is -0.860. The SMILES string of the molecule is Cc1ccc(C(C)(O)C[NH2+]C(C)(C)C)cc1. The normalized spacial score (nSPS) is 15.9. The van der Waals surface area contributed by atoms with Crippen LogP contribution in [0.25, 0.3) is 0 Å². The molecule has 2 heteroatoms. The van der Waals surface area contributed by atoms with E-state index in [0.717, 1.165) is 5.56 Å². The third-order valence-corrected chi connectivity index (χ3v) is 2.79.